The summed E-state index contributed by atoms with van der Waals surface area (Å²) in [6, 6.07) is 0. The lowest BCUT2D eigenvalue weighted by molar-refractivity contribution is -0.143. The summed E-state index contributed by atoms with van der Waals surface area (Å²) >= 11 is 0. The largest absolute Gasteiger partial charge is 0.481 e. The van der Waals surface area contributed by atoms with E-state index in [0.717, 1.165) is 31.4 Å². The zero-order valence-corrected chi connectivity index (χ0v) is 13.6. The van der Waals surface area contributed by atoms with Crippen LogP contribution < -0.4 is 5.32 Å². The molecule has 0 aromatic carbocycles. The summed E-state index contributed by atoms with van der Waals surface area (Å²) in [6.07, 6.45) is 5.24. The molecule has 0 radical (unpaired) electrons. The van der Waals surface area contributed by atoms with Crippen LogP contribution in [0.4, 0.5) is 0 Å². The van der Waals surface area contributed by atoms with Crippen LogP contribution in [0, 0.1) is 25.7 Å². The maximum Gasteiger partial charge on any atom is 0.308 e. The fourth-order valence-electron chi connectivity index (χ4n) is 3.39. The van der Waals surface area contributed by atoms with Crippen LogP contribution in [0.25, 0.3) is 0 Å². The number of hydrogen-bond acceptors (Lipinski definition) is 3. The van der Waals surface area contributed by atoms with Crippen molar-refractivity contribution in [2.24, 2.45) is 18.9 Å². The van der Waals surface area contributed by atoms with Crippen LogP contribution >= 0.6 is 0 Å². The van der Waals surface area contributed by atoms with Gasteiger partial charge in [0.25, 0.3) is 5.91 Å². The molecular weight excluding hydrogens is 282 g/mol. The van der Waals surface area contributed by atoms with E-state index in [0.29, 0.717) is 11.3 Å². The van der Waals surface area contributed by atoms with Crippen LogP contribution in [-0.2, 0) is 11.8 Å². The van der Waals surface area contributed by atoms with E-state index >= 15 is 0 Å². The van der Waals surface area contributed by atoms with Gasteiger partial charge in [0.2, 0.25) is 0 Å². The van der Waals surface area contributed by atoms with Gasteiger partial charge in [-0.15, -0.1) is 0 Å². The third kappa shape index (κ3) is 3.48. The highest BCUT2D eigenvalue weighted by molar-refractivity contribution is 5.96. The Labute approximate surface area is 130 Å². The third-order valence-corrected chi connectivity index (χ3v) is 4.75. The second-order valence-corrected chi connectivity index (χ2v) is 6.22. The van der Waals surface area contributed by atoms with Crippen molar-refractivity contribution < 1.29 is 14.7 Å². The Morgan fingerprint density at radius 2 is 1.95 bits per heavy atom. The van der Waals surface area contributed by atoms with Gasteiger partial charge in [0.1, 0.15) is 0 Å². The number of carbonyl (C=O) groups is 2. The Bertz CT molecular complexity index is 559. The van der Waals surface area contributed by atoms with Gasteiger partial charge < -0.3 is 10.4 Å². The first-order valence-electron chi connectivity index (χ1n) is 7.93. The molecule has 1 heterocycles. The molecule has 1 aliphatic rings. The number of aromatic nitrogens is 2. The summed E-state index contributed by atoms with van der Waals surface area (Å²) in [6.45, 7) is 3.81. The number of carboxylic acid groups (broad SMARTS) is 1. The van der Waals surface area contributed by atoms with Gasteiger partial charge in [-0.3, -0.25) is 14.3 Å². The van der Waals surface area contributed by atoms with E-state index in [2.05, 4.69) is 10.4 Å². The van der Waals surface area contributed by atoms with Crippen molar-refractivity contribution in [2.75, 3.05) is 6.54 Å². The van der Waals surface area contributed by atoms with E-state index in [1.807, 2.05) is 6.92 Å². The molecule has 1 amide bonds. The van der Waals surface area contributed by atoms with E-state index in [4.69, 9.17) is 0 Å². The highest BCUT2D eigenvalue weighted by Crippen LogP contribution is 2.30. The van der Waals surface area contributed by atoms with Crippen molar-refractivity contribution in [2.45, 2.75) is 46.0 Å². The standard InChI is InChI=1S/C16H25N3O3/c1-10-14(11(2)19(3)18-10)15(20)17-9-13(16(21)22)12-7-5-4-6-8-12/h12-13H,4-9H2,1-3H3,(H,17,20)(H,21,22). The van der Waals surface area contributed by atoms with Crippen molar-refractivity contribution in [3.63, 3.8) is 0 Å². The first kappa shape index (κ1) is 16.5. The predicted molar refractivity (Wildman–Crippen MR) is 82.7 cm³/mol. The lowest BCUT2D eigenvalue weighted by Crippen LogP contribution is -2.38. The van der Waals surface area contributed by atoms with Crippen LogP contribution in [0.2, 0.25) is 0 Å². The summed E-state index contributed by atoms with van der Waals surface area (Å²) < 4.78 is 1.67. The topological polar surface area (TPSA) is 84.2 Å². The molecular formula is C16H25N3O3. The molecule has 2 rings (SSSR count). The first-order chi connectivity index (χ1) is 10.4. The van der Waals surface area contributed by atoms with Gasteiger partial charge in [0.15, 0.2) is 0 Å². The molecule has 1 fully saturated rings. The lowest BCUT2D eigenvalue weighted by Gasteiger charge is -2.27. The van der Waals surface area contributed by atoms with Gasteiger partial charge >= 0.3 is 5.97 Å². The number of rotatable bonds is 5. The van der Waals surface area contributed by atoms with Crippen molar-refractivity contribution in [3.05, 3.63) is 17.0 Å². The van der Waals surface area contributed by atoms with E-state index in [1.165, 1.54) is 6.42 Å². The summed E-state index contributed by atoms with van der Waals surface area (Å²) in [5.41, 5.74) is 2.01. The van der Waals surface area contributed by atoms with Crippen molar-refractivity contribution in [1.29, 1.82) is 0 Å². The van der Waals surface area contributed by atoms with E-state index in [9.17, 15) is 14.7 Å². The van der Waals surface area contributed by atoms with Gasteiger partial charge in [-0.25, -0.2) is 0 Å². The smallest absolute Gasteiger partial charge is 0.308 e. The fourth-order valence-corrected chi connectivity index (χ4v) is 3.39. The zero-order valence-electron chi connectivity index (χ0n) is 13.6. The zero-order chi connectivity index (χ0) is 16.3. The number of carbonyl (C=O) groups excluding carboxylic acids is 1. The van der Waals surface area contributed by atoms with E-state index < -0.39 is 11.9 Å². The molecule has 0 aliphatic heterocycles. The van der Waals surface area contributed by atoms with Gasteiger partial charge in [0, 0.05) is 19.3 Å². The molecule has 1 saturated carbocycles. The second-order valence-electron chi connectivity index (χ2n) is 6.22. The summed E-state index contributed by atoms with van der Waals surface area (Å²) in [7, 11) is 1.79. The highest BCUT2D eigenvalue weighted by Gasteiger charge is 2.30. The van der Waals surface area contributed by atoms with Crippen LogP contribution in [-0.4, -0.2) is 33.3 Å². The van der Waals surface area contributed by atoms with Crippen LogP contribution in [0.5, 0.6) is 0 Å². The summed E-state index contributed by atoms with van der Waals surface area (Å²) in [5.74, 6) is -1.37. The molecule has 0 bridgehead atoms. The highest BCUT2D eigenvalue weighted by atomic mass is 16.4. The molecule has 22 heavy (non-hydrogen) atoms. The number of amides is 1. The number of hydrogen-bond donors (Lipinski definition) is 2. The number of nitrogens with one attached hydrogen (secondary N) is 1. The molecule has 6 nitrogen and oxygen atoms in total. The van der Waals surface area contributed by atoms with Gasteiger partial charge in [-0.2, -0.15) is 5.10 Å². The Morgan fingerprint density at radius 3 is 2.45 bits per heavy atom. The third-order valence-electron chi connectivity index (χ3n) is 4.75. The average molecular weight is 307 g/mol. The van der Waals surface area contributed by atoms with Gasteiger partial charge in [0.05, 0.1) is 17.2 Å². The van der Waals surface area contributed by atoms with Crippen LogP contribution in [0.1, 0.15) is 53.8 Å². The molecule has 1 unspecified atom stereocenters. The molecule has 0 spiro atoms. The van der Waals surface area contributed by atoms with Crippen LogP contribution in [0.3, 0.4) is 0 Å². The molecule has 122 valence electrons. The average Bonchev–Trinajstić information content (AvgIpc) is 2.73. The number of aliphatic carboxylic acids is 1. The minimum atomic E-state index is -0.813. The van der Waals surface area contributed by atoms with Gasteiger partial charge in [-0.05, 0) is 32.6 Å². The van der Waals surface area contributed by atoms with Gasteiger partial charge in [-0.1, -0.05) is 19.3 Å². The first-order valence-corrected chi connectivity index (χ1v) is 7.93. The quantitative estimate of drug-likeness (QED) is 0.872. The molecule has 6 heteroatoms. The van der Waals surface area contributed by atoms with Crippen LogP contribution in [0.15, 0.2) is 0 Å². The maximum atomic E-state index is 12.4. The number of aryl methyl sites for hydroxylation is 2. The Hall–Kier alpha value is -1.85. The van der Waals surface area contributed by atoms with E-state index in [1.54, 1.807) is 18.7 Å². The Balaban J connectivity index is 2.02. The molecule has 2 N–H and O–H groups in total. The van der Waals surface area contributed by atoms with Crippen molar-refractivity contribution in [1.82, 2.24) is 15.1 Å². The van der Waals surface area contributed by atoms with E-state index in [-0.39, 0.29) is 18.4 Å². The summed E-state index contributed by atoms with van der Waals surface area (Å²) in [5, 5.41) is 16.5. The predicted octanol–water partition coefficient (Wildman–Crippen LogP) is 2.05. The number of carboxylic acids is 1. The Kier molecular flexibility index (Phi) is 5.21. The fraction of sp³-hybridized carbons (Fsp3) is 0.688. The SMILES string of the molecule is Cc1nn(C)c(C)c1C(=O)NCC(C(=O)O)C1CCCCC1. The minimum absolute atomic E-state index is 0.169. The molecule has 1 aromatic heterocycles. The molecule has 1 aliphatic carbocycles. The monoisotopic (exact) mass is 307 g/mol. The molecule has 1 atom stereocenters. The second kappa shape index (κ2) is 6.94. The number of nitrogens with zero attached hydrogens (tertiary/aromatic N) is 2. The summed E-state index contributed by atoms with van der Waals surface area (Å²) in [4.78, 5) is 23.9. The molecule has 0 saturated heterocycles. The minimum Gasteiger partial charge on any atom is -0.481 e. The maximum absolute atomic E-state index is 12.4. The lowest BCUT2D eigenvalue weighted by atomic mass is 9.80. The normalized spacial score (nSPS) is 17.2. The van der Waals surface area contributed by atoms with Crippen molar-refractivity contribution in [3.8, 4) is 0 Å². The molecule has 1 aromatic rings. The van der Waals surface area contributed by atoms with Crippen molar-refractivity contribution >= 4 is 11.9 Å². The Morgan fingerprint density at radius 1 is 1.32 bits per heavy atom.